The number of ether oxygens (including phenoxy) is 1. The quantitative estimate of drug-likeness (QED) is 0.357. The summed E-state index contributed by atoms with van der Waals surface area (Å²) in [5, 5.41) is 2.83. The molecule has 0 radical (unpaired) electrons. The first-order chi connectivity index (χ1) is 14.0. The number of hydrogen-bond acceptors (Lipinski definition) is 4. The number of carbonyl (C=O) groups excluding carboxylic acids is 2. The van der Waals surface area contributed by atoms with Crippen molar-refractivity contribution in [3.8, 4) is 5.75 Å². The Labute approximate surface area is 202 Å². The zero-order valence-electron chi connectivity index (χ0n) is 16.4. The van der Waals surface area contributed by atoms with E-state index < -0.39 is 11.8 Å². The molecule has 10 heteroatoms. The van der Waals surface area contributed by atoms with Gasteiger partial charge >= 0.3 is 0 Å². The molecule has 3 N–H and O–H groups in total. The predicted molar refractivity (Wildman–Crippen MR) is 129 cm³/mol. The van der Waals surface area contributed by atoms with Crippen LogP contribution in [0.25, 0.3) is 0 Å². The molecule has 0 aliphatic rings. The molecule has 0 fully saturated rings. The molecule has 0 bridgehead atoms. The summed E-state index contributed by atoms with van der Waals surface area (Å²) in [5.74, 6) is -0.529. The maximum Gasteiger partial charge on any atom is 0.276 e. The van der Waals surface area contributed by atoms with Gasteiger partial charge in [0.15, 0.2) is 11.7 Å². The fraction of sp³-hybridized carbons (Fsp3) is 0.250. The van der Waals surface area contributed by atoms with E-state index in [0.29, 0.717) is 16.3 Å². The molecule has 2 amide bonds. The Morgan fingerprint density at radius 2 is 1.80 bits per heavy atom. The third kappa shape index (κ3) is 7.23. The maximum atomic E-state index is 12.4. The van der Waals surface area contributed by atoms with Crippen LogP contribution in [0, 0.1) is 0 Å². The van der Waals surface area contributed by atoms with Crippen LogP contribution in [0.15, 0.2) is 45.3 Å². The van der Waals surface area contributed by atoms with Crippen molar-refractivity contribution in [3.05, 3.63) is 61.5 Å². The lowest BCUT2D eigenvalue weighted by Crippen LogP contribution is -2.49. The van der Waals surface area contributed by atoms with Gasteiger partial charge in [-0.25, -0.2) is 0 Å². The van der Waals surface area contributed by atoms with E-state index in [1.165, 1.54) is 0 Å². The lowest BCUT2D eigenvalue weighted by Gasteiger charge is -2.21. The highest BCUT2D eigenvalue weighted by atomic mass is 79.9. The lowest BCUT2D eigenvalue weighted by molar-refractivity contribution is -0.123. The van der Waals surface area contributed by atoms with Crippen LogP contribution in [0.2, 0.25) is 5.02 Å². The van der Waals surface area contributed by atoms with E-state index >= 15 is 0 Å². The SMILES string of the molecule is CC(C)(C)c1ccc(C(=O)NC(=S)NNC(=O)COc2ccc(Br)cc2Cl)cc1Br. The fourth-order valence-corrected chi connectivity index (χ4v) is 4.21. The minimum Gasteiger partial charge on any atom is -0.482 e. The maximum absolute atomic E-state index is 12.4. The summed E-state index contributed by atoms with van der Waals surface area (Å²) in [6, 6.07) is 10.4. The highest BCUT2D eigenvalue weighted by Gasteiger charge is 2.18. The van der Waals surface area contributed by atoms with Crippen LogP contribution in [-0.2, 0) is 10.2 Å². The zero-order chi connectivity index (χ0) is 22.5. The second-order valence-electron chi connectivity index (χ2n) is 7.26. The van der Waals surface area contributed by atoms with E-state index in [9.17, 15) is 9.59 Å². The number of hydrazine groups is 1. The Bertz CT molecular complexity index is 980. The van der Waals surface area contributed by atoms with E-state index in [-0.39, 0.29) is 17.1 Å². The molecule has 0 atom stereocenters. The first-order valence-electron chi connectivity index (χ1n) is 8.75. The summed E-state index contributed by atoms with van der Waals surface area (Å²) in [6.07, 6.45) is 0. The number of carbonyl (C=O) groups is 2. The molecule has 0 unspecified atom stereocenters. The van der Waals surface area contributed by atoms with Gasteiger partial charge in [-0.3, -0.25) is 25.8 Å². The summed E-state index contributed by atoms with van der Waals surface area (Å²) in [6.45, 7) is 5.97. The number of rotatable bonds is 4. The van der Waals surface area contributed by atoms with E-state index in [4.69, 9.17) is 28.6 Å². The Balaban J connectivity index is 1.83. The van der Waals surface area contributed by atoms with Crippen molar-refractivity contribution in [2.75, 3.05) is 6.61 Å². The van der Waals surface area contributed by atoms with Gasteiger partial charge < -0.3 is 4.74 Å². The predicted octanol–water partition coefficient (Wildman–Crippen LogP) is 4.88. The summed E-state index contributed by atoms with van der Waals surface area (Å²) in [5.41, 5.74) is 6.26. The third-order valence-electron chi connectivity index (χ3n) is 3.83. The lowest BCUT2D eigenvalue weighted by atomic mass is 9.86. The summed E-state index contributed by atoms with van der Waals surface area (Å²) in [7, 11) is 0. The number of benzene rings is 2. The molecule has 6 nitrogen and oxygen atoms in total. The van der Waals surface area contributed by atoms with Crippen molar-refractivity contribution in [3.63, 3.8) is 0 Å². The van der Waals surface area contributed by atoms with Gasteiger partial charge in [0.05, 0.1) is 5.02 Å². The molecular formula is C20H20Br2ClN3O3S. The zero-order valence-corrected chi connectivity index (χ0v) is 21.2. The Morgan fingerprint density at radius 1 is 1.10 bits per heavy atom. The fourth-order valence-electron chi connectivity index (χ4n) is 2.37. The Morgan fingerprint density at radius 3 is 2.40 bits per heavy atom. The van der Waals surface area contributed by atoms with Crippen molar-refractivity contribution in [1.82, 2.24) is 16.2 Å². The highest BCUT2D eigenvalue weighted by Crippen LogP contribution is 2.30. The molecule has 30 heavy (non-hydrogen) atoms. The number of hydrogen-bond donors (Lipinski definition) is 3. The topological polar surface area (TPSA) is 79.5 Å². The Hall–Kier alpha value is -1.68. The van der Waals surface area contributed by atoms with Gasteiger partial charge in [-0.05, 0) is 53.5 Å². The molecule has 2 aromatic carbocycles. The van der Waals surface area contributed by atoms with E-state index in [2.05, 4.69) is 68.8 Å². The van der Waals surface area contributed by atoms with Gasteiger partial charge in [0.1, 0.15) is 5.75 Å². The molecule has 0 saturated heterocycles. The number of halogens is 3. The number of amides is 2. The standard InChI is InChI=1S/C20H20Br2ClN3O3S/c1-20(2,3)13-6-4-11(8-14(13)22)18(28)24-19(30)26-25-17(27)10-29-16-7-5-12(21)9-15(16)23/h4-9H,10H2,1-3H3,(H,25,27)(H2,24,26,28,30). The smallest absolute Gasteiger partial charge is 0.276 e. The third-order valence-corrected chi connectivity index (χ3v) is 5.48. The molecular weight excluding hydrogens is 558 g/mol. The van der Waals surface area contributed by atoms with Crippen LogP contribution in [-0.4, -0.2) is 23.5 Å². The molecule has 0 heterocycles. The van der Waals surface area contributed by atoms with E-state index in [0.717, 1.165) is 14.5 Å². The van der Waals surface area contributed by atoms with Gasteiger partial charge in [0.25, 0.3) is 11.8 Å². The van der Waals surface area contributed by atoms with Crippen LogP contribution in [0.1, 0.15) is 36.7 Å². The van der Waals surface area contributed by atoms with Crippen LogP contribution >= 0.6 is 55.7 Å². The minimum atomic E-state index is -0.497. The van der Waals surface area contributed by atoms with Gasteiger partial charge in [-0.1, -0.05) is 70.3 Å². The Kier molecular flexibility index (Phi) is 8.66. The molecule has 0 aromatic heterocycles. The molecule has 0 spiro atoms. The molecule has 0 aliphatic carbocycles. The minimum absolute atomic E-state index is 0.0500. The first kappa shape index (κ1) is 24.6. The van der Waals surface area contributed by atoms with E-state index in [1.807, 2.05) is 6.07 Å². The molecule has 160 valence electrons. The van der Waals surface area contributed by atoms with Crippen molar-refractivity contribution in [1.29, 1.82) is 0 Å². The van der Waals surface area contributed by atoms with Crippen LogP contribution < -0.4 is 20.9 Å². The summed E-state index contributed by atoms with van der Waals surface area (Å²) in [4.78, 5) is 24.3. The molecule has 2 aromatic rings. The summed E-state index contributed by atoms with van der Waals surface area (Å²) >= 11 is 17.9. The van der Waals surface area contributed by atoms with Gasteiger partial charge in [-0.15, -0.1) is 0 Å². The van der Waals surface area contributed by atoms with Crippen LogP contribution in [0.5, 0.6) is 5.75 Å². The van der Waals surface area contributed by atoms with Gasteiger partial charge in [-0.2, -0.15) is 0 Å². The van der Waals surface area contributed by atoms with Gasteiger partial charge in [0, 0.05) is 14.5 Å². The van der Waals surface area contributed by atoms with Crippen molar-refractivity contribution >= 4 is 72.6 Å². The second-order valence-corrected chi connectivity index (χ2v) is 9.85. The largest absolute Gasteiger partial charge is 0.482 e. The normalized spacial score (nSPS) is 10.9. The molecule has 0 aliphatic heterocycles. The number of thiocarbonyl (C=S) groups is 1. The van der Waals surface area contributed by atoms with Crippen molar-refractivity contribution < 1.29 is 14.3 Å². The van der Waals surface area contributed by atoms with Crippen molar-refractivity contribution in [2.24, 2.45) is 0 Å². The average Bonchev–Trinajstić information content (AvgIpc) is 2.64. The van der Waals surface area contributed by atoms with Gasteiger partial charge in [0.2, 0.25) is 0 Å². The highest BCUT2D eigenvalue weighted by molar-refractivity contribution is 9.10. The van der Waals surface area contributed by atoms with Crippen LogP contribution in [0.4, 0.5) is 0 Å². The molecule has 2 rings (SSSR count). The average molecular weight is 578 g/mol. The van der Waals surface area contributed by atoms with E-state index in [1.54, 1.807) is 30.3 Å². The second kappa shape index (κ2) is 10.6. The molecule has 0 saturated carbocycles. The van der Waals surface area contributed by atoms with Crippen LogP contribution in [0.3, 0.4) is 0 Å². The van der Waals surface area contributed by atoms with Crippen molar-refractivity contribution in [2.45, 2.75) is 26.2 Å². The first-order valence-corrected chi connectivity index (χ1v) is 11.1. The summed E-state index contributed by atoms with van der Waals surface area (Å²) < 4.78 is 6.98. The monoisotopic (exact) mass is 575 g/mol. The number of nitrogens with one attached hydrogen (secondary N) is 3.